The van der Waals surface area contributed by atoms with Crippen molar-refractivity contribution in [1.29, 1.82) is 0 Å². The highest BCUT2D eigenvalue weighted by Crippen LogP contribution is 2.25. The van der Waals surface area contributed by atoms with Crippen molar-refractivity contribution in [2.24, 2.45) is 5.92 Å². The molecule has 0 amide bonds. The third kappa shape index (κ3) is 5.67. The molecule has 0 aliphatic carbocycles. The van der Waals surface area contributed by atoms with Crippen LogP contribution < -0.4 is 5.32 Å². The second-order valence-electron chi connectivity index (χ2n) is 5.81. The Morgan fingerprint density at radius 2 is 1.90 bits per heavy atom. The van der Waals surface area contributed by atoms with Gasteiger partial charge in [0, 0.05) is 31.1 Å². The molecule has 0 spiro atoms. The van der Waals surface area contributed by atoms with E-state index in [1.165, 1.54) is 11.3 Å². The molecule has 0 radical (unpaired) electrons. The average molecular weight is 334 g/mol. The molecule has 0 unspecified atom stereocenters. The van der Waals surface area contributed by atoms with Crippen LogP contribution in [0.4, 0.5) is 0 Å². The molecule has 0 aromatic carbocycles. The monoisotopic (exact) mass is 333 g/mol. The van der Waals surface area contributed by atoms with Gasteiger partial charge in [-0.15, -0.1) is 11.3 Å². The molecule has 0 bridgehead atoms. The van der Waals surface area contributed by atoms with Gasteiger partial charge in [-0.2, -0.15) is 4.31 Å². The minimum absolute atomic E-state index is 0.304. The number of thiophene rings is 1. The minimum atomic E-state index is -3.39. The van der Waals surface area contributed by atoms with Gasteiger partial charge in [-0.3, -0.25) is 0 Å². The molecule has 1 heterocycles. The van der Waals surface area contributed by atoms with Crippen molar-refractivity contribution in [3.8, 4) is 0 Å². The summed E-state index contributed by atoms with van der Waals surface area (Å²) in [7, 11) is 2.37. The van der Waals surface area contributed by atoms with Crippen LogP contribution in [0.5, 0.6) is 0 Å². The van der Waals surface area contributed by atoms with Crippen molar-refractivity contribution in [2.45, 2.75) is 24.6 Å². The van der Waals surface area contributed by atoms with Gasteiger partial charge in [-0.25, -0.2) is 8.42 Å². The van der Waals surface area contributed by atoms with Gasteiger partial charge in [0.15, 0.2) is 0 Å². The molecule has 0 aliphatic heterocycles. The number of nitrogens with zero attached hydrogens (tertiary/aromatic N) is 2. The van der Waals surface area contributed by atoms with Gasteiger partial charge in [-0.05, 0) is 39.2 Å². The fourth-order valence-corrected chi connectivity index (χ4v) is 5.04. The summed E-state index contributed by atoms with van der Waals surface area (Å²) in [6.45, 7) is 6.57. The van der Waals surface area contributed by atoms with E-state index in [0.29, 0.717) is 29.8 Å². The Labute approximate surface area is 133 Å². The summed E-state index contributed by atoms with van der Waals surface area (Å²) in [5.74, 6) is 0.304. The molecular weight excluding hydrogens is 306 g/mol. The van der Waals surface area contributed by atoms with E-state index in [1.54, 1.807) is 10.4 Å². The van der Waals surface area contributed by atoms with E-state index >= 15 is 0 Å². The van der Waals surface area contributed by atoms with E-state index < -0.39 is 10.0 Å². The van der Waals surface area contributed by atoms with Gasteiger partial charge in [0.1, 0.15) is 4.21 Å². The van der Waals surface area contributed by atoms with E-state index in [-0.39, 0.29) is 0 Å². The van der Waals surface area contributed by atoms with Crippen molar-refractivity contribution in [3.05, 3.63) is 17.0 Å². The maximum absolute atomic E-state index is 12.8. The highest BCUT2D eigenvalue weighted by atomic mass is 32.2. The predicted octanol–water partition coefficient (Wildman–Crippen LogP) is 1.68. The van der Waals surface area contributed by atoms with Gasteiger partial charge in [0.2, 0.25) is 0 Å². The first-order chi connectivity index (χ1) is 9.77. The van der Waals surface area contributed by atoms with Crippen LogP contribution in [0.3, 0.4) is 0 Å². The van der Waals surface area contributed by atoms with E-state index in [4.69, 9.17) is 0 Å². The number of sulfonamides is 1. The third-order valence-electron chi connectivity index (χ3n) is 2.95. The molecular formula is C14H27N3O2S2. The predicted molar refractivity (Wildman–Crippen MR) is 89.2 cm³/mol. The first-order valence-corrected chi connectivity index (χ1v) is 9.41. The second kappa shape index (κ2) is 8.24. The van der Waals surface area contributed by atoms with Gasteiger partial charge in [0.05, 0.1) is 0 Å². The Morgan fingerprint density at radius 3 is 2.43 bits per heavy atom. The molecule has 122 valence electrons. The summed E-state index contributed by atoms with van der Waals surface area (Å²) in [4.78, 5) is 3.04. The van der Waals surface area contributed by atoms with Crippen molar-refractivity contribution >= 4 is 21.4 Å². The highest BCUT2D eigenvalue weighted by Gasteiger charge is 2.26. The normalized spacial score (nSPS) is 12.8. The molecule has 1 aromatic heterocycles. The quantitative estimate of drug-likeness (QED) is 0.747. The van der Waals surface area contributed by atoms with Crippen LogP contribution >= 0.6 is 11.3 Å². The average Bonchev–Trinajstić information content (AvgIpc) is 2.83. The summed E-state index contributed by atoms with van der Waals surface area (Å²) >= 11 is 1.35. The molecule has 21 heavy (non-hydrogen) atoms. The number of nitrogens with one attached hydrogen (secondary N) is 1. The van der Waals surface area contributed by atoms with Crippen LogP contribution in [-0.4, -0.2) is 58.4 Å². The van der Waals surface area contributed by atoms with Crippen molar-refractivity contribution < 1.29 is 8.42 Å². The van der Waals surface area contributed by atoms with Gasteiger partial charge >= 0.3 is 0 Å². The Morgan fingerprint density at radius 1 is 1.24 bits per heavy atom. The van der Waals surface area contributed by atoms with Crippen molar-refractivity contribution in [1.82, 2.24) is 14.5 Å². The van der Waals surface area contributed by atoms with Crippen LogP contribution in [0, 0.1) is 5.92 Å². The molecule has 0 saturated carbocycles. The van der Waals surface area contributed by atoms with E-state index in [9.17, 15) is 8.42 Å². The highest BCUT2D eigenvalue weighted by molar-refractivity contribution is 7.91. The van der Waals surface area contributed by atoms with Gasteiger partial charge < -0.3 is 10.2 Å². The Balaban J connectivity index is 2.95. The first-order valence-electron chi connectivity index (χ1n) is 7.15. The number of hydrogen-bond acceptors (Lipinski definition) is 5. The summed E-state index contributed by atoms with van der Waals surface area (Å²) < 4.78 is 27.6. The first kappa shape index (κ1) is 18.6. The Bertz CT molecular complexity index is 524. The Kier molecular flexibility index (Phi) is 7.29. The zero-order chi connectivity index (χ0) is 16.0. The lowest BCUT2D eigenvalue weighted by molar-refractivity contribution is 0.313. The van der Waals surface area contributed by atoms with E-state index in [1.807, 2.05) is 46.0 Å². The molecule has 1 rings (SSSR count). The van der Waals surface area contributed by atoms with Crippen molar-refractivity contribution in [3.63, 3.8) is 0 Å². The minimum Gasteiger partial charge on any atom is -0.315 e. The number of hydrogen-bond donors (Lipinski definition) is 1. The maximum atomic E-state index is 12.8. The van der Waals surface area contributed by atoms with Crippen LogP contribution in [0.25, 0.3) is 0 Å². The zero-order valence-corrected chi connectivity index (χ0v) is 15.2. The molecule has 0 fully saturated rings. The summed E-state index contributed by atoms with van der Waals surface area (Å²) in [6, 6.07) is 3.60. The summed E-state index contributed by atoms with van der Waals surface area (Å²) in [5.41, 5.74) is 0. The van der Waals surface area contributed by atoms with Crippen molar-refractivity contribution in [2.75, 3.05) is 40.8 Å². The molecule has 1 aromatic rings. The lowest BCUT2D eigenvalue weighted by Crippen LogP contribution is -2.38. The smallest absolute Gasteiger partial charge is 0.252 e. The van der Waals surface area contributed by atoms with Crippen LogP contribution in [-0.2, 0) is 16.6 Å². The van der Waals surface area contributed by atoms with E-state index in [2.05, 4.69) is 5.32 Å². The molecule has 0 atom stereocenters. The molecule has 0 saturated heterocycles. The summed E-state index contributed by atoms with van der Waals surface area (Å²) in [6.07, 6.45) is 0. The molecule has 7 heteroatoms. The van der Waals surface area contributed by atoms with Gasteiger partial charge in [-0.1, -0.05) is 13.8 Å². The van der Waals surface area contributed by atoms with Gasteiger partial charge in [0.25, 0.3) is 10.0 Å². The maximum Gasteiger partial charge on any atom is 0.252 e. The topological polar surface area (TPSA) is 52.7 Å². The molecule has 5 nitrogen and oxygen atoms in total. The fraction of sp³-hybridized carbons (Fsp3) is 0.714. The molecule has 1 N–H and O–H groups in total. The lowest BCUT2D eigenvalue weighted by atomic mass is 10.2. The standard InChI is InChI=1S/C14H27N3O2S2/c1-12(2)11-17(9-8-16(4)5)21(18,19)14-7-6-13(20-14)10-15-3/h6-7,12,15H,8-11H2,1-5H3. The van der Waals surface area contributed by atoms with Crippen LogP contribution in [0.1, 0.15) is 18.7 Å². The molecule has 0 aliphatic rings. The van der Waals surface area contributed by atoms with E-state index in [0.717, 1.165) is 11.4 Å². The largest absolute Gasteiger partial charge is 0.315 e. The number of likely N-dealkylation sites (N-methyl/N-ethyl adjacent to an activating group) is 1. The third-order valence-corrected chi connectivity index (χ3v) is 6.37. The second-order valence-corrected chi connectivity index (χ2v) is 9.14. The SMILES string of the molecule is CNCc1ccc(S(=O)(=O)N(CCN(C)C)CC(C)C)s1. The zero-order valence-electron chi connectivity index (χ0n) is 13.6. The number of rotatable bonds is 9. The fourth-order valence-electron chi connectivity index (χ4n) is 1.92. The lowest BCUT2D eigenvalue weighted by Gasteiger charge is -2.24. The van der Waals surface area contributed by atoms with Crippen LogP contribution in [0.2, 0.25) is 0 Å². The Hall–Kier alpha value is -0.470. The summed E-state index contributed by atoms with van der Waals surface area (Å²) in [5, 5.41) is 3.05. The van der Waals surface area contributed by atoms with Crippen LogP contribution in [0.15, 0.2) is 16.3 Å².